The molecule has 0 spiro atoms. The van der Waals surface area contributed by atoms with Gasteiger partial charge in [0.1, 0.15) is 14.3 Å². The normalized spacial score (nSPS) is 29.1. The van der Waals surface area contributed by atoms with E-state index >= 15 is 0 Å². The van der Waals surface area contributed by atoms with E-state index in [1.165, 1.54) is 0 Å². The van der Waals surface area contributed by atoms with Gasteiger partial charge in [-0.15, -0.1) is 0 Å². The second kappa shape index (κ2) is 11.6. The number of nitrogens with zero attached hydrogens (tertiary/aromatic N) is 1. The highest BCUT2D eigenvalue weighted by Gasteiger charge is 2.35. The van der Waals surface area contributed by atoms with Crippen LogP contribution in [0.5, 0.6) is 0 Å². The van der Waals surface area contributed by atoms with Gasteiger partial charge in [-0.2, -0.15) is 0 Å². The van der Waals surface area contributed by atoms with E-state index in [9.17, 15) is 13.7 Å². The second-order valence-electron chi connectivity index (χ2n) is 9.80. The first-order valence-electron chi connectivity index (χ1n) is 12.4. The van der Waals surface area contributed by atoms with Crippen molar-refractivity contribution in [2.75, 3.05) is 57.1 Å². The van der Waals surface area contributed by atoms with E-state index in [1.54, 1.807) is 0 Å². The number of rotatable bonds is 4. The molecular formula is C28H36NO3P3. The fourth-order valence-electron chi connectivity index (χ4n) is 4.79. The molecule has 3 atom stereocenters. The summed E-state index contributed by atoms with van der Waals surface area (Å²) in [5.74, 6) is 0. The van der Waals surface area contributed by atoms with Crippen molar-refractivity contribution in [3.63, 3.8) is 0 Å². The quantitative estimate of drug-likeness (QED) is 0.398. The molecule has 1 saturated heterocycles. The Kier molecular flexibility index (Phi) is 8.72. The fraction of sp³-hybridized carbons (Fsp3) is 0.357. The Labute approximate surface area is 210 Å². The third kappa shape index (κ3) is 6.96. The van der Waals surface area contributed by atoms with Crippen LogP contribution in [0.1, 0.15) is 5.56 Å². The van der Waals surface area contributed by atoms with Crippen molar-refractivity contribution in [1.29, 1.82) is 0 Å². The van der Waals surface area contributed by atoms with Gasteiger partial charge in [0.25, 0.3) is 0 Å². The molecule has 186 valence electrons. The molecule has 35 heavy (non-hydrogen) atoms. The van der Waals surface area contributed by atoms with Crippen LogP contribution >= 0.6 is 21.4 Å². The van der Waals surface area contributed by atoms with Gasteiger partial charge in [-0.3, -0.25) is 0 Å². The average Bonchev–Trinajstić information content (AvgIpc) is 2.90. The van der Waals surface area contributed by atoms with Gasteiger partial charge in [0.05, 0.1) is 7.14 Å². The third-order valence-electron chi connectivity index (χ3n) is 7.19. The van der Waals surface area contributed by atoms with Gasteiger partial charge in [0, 0.05) is 66.8 Å². The molecule has 0 aromatic heterocycles. The van der Waals surface area contributed by atoms with Crippen LogP contribution < -0.4 is 10.6 Å². The Hall–Kier alpha value is -1.69. The molecule has 3 aromatic carbocycles. The van der Waals surface area contributed by atoms with Crippen molar-refractivity contribution >= 4 is 32.0 Å². The minimum atomic E-state index is -2.88. The summed E-state index contributed by atoms with van der Waals surface area (Å²) in [6.07, 6.45) is 3.34. The highest BCUT2D eigenvalue weighted by molar-refractivity contribution is 7.76. The first kappa shape index (κ1) is 26.4. The minimum absolute atomic E-state index is 0.387. The Morgan fingerprint density at radius 2 is 1.00 bits per heavy atom. The summed E-state index contributed by atoms with van der Waals surface area (Å²) in [4.78, 5) is 2.17. The molecule has 4 rings (SSSR count). The molecule has 1 heterocycles. The van der Waals surface area contributed by atoms with Crippen molar-refractivity contribution in [2.45, 2.75) is 6.16 Å². The van der Waals surface area contributed by atoms with E-state index in [0.29, 0.717) is 56.2 Å². The summed E-state index contributed by atoms with van der Waals surface area (Å²) < 4.78 is 43.1. The zero-order valence-electron chi connectivity index (χ0n) is 20.5. The lowest BCUT2D eigenvalue weighted by molar-refractivity contribution is 0.373. The maximum absolute atomic E-state index is 14.5. The maximum Gasteiger partial charge on any atom is 0.117 e. The predicted octanol–water partition coefficient (Wildman–Crippen LogP) is 5.87. The van der Waals surface area contributed by atoms with Crippen LogP contribution in [0, 0.1) is 0 Å². The lowest BCUT2D eigenvalue weighted by atomic mass is 10.2. The van der Waals surface area contributed by atoms with Gasteiger partial charge in [-0.05, 0) is 12.6 Å². The van der Waals surface area contributed by atoms with Crippen LogP contribution in [-0.2, 0) is 19.9 Å². The van der Waals surface area contributed by atoms with Gasteiger partial charge in [-0.25, -0.2) is 0 Å². The first-order valence-corrected chi connectivity index (χ1v) is 18.8. The Morgan fingerprint density at radius 1 is 0.571 bits per heavy atom. The molecule has 1 aliphatic heterocycles. The summed E-state index contributed by atoms with van der Waals surface area (Å²) in [7, 11) is -6.17. The molecule has 0 aliphatic carbocycles. The van der Waals surface area contributed by atoms with E-state index in [1.807, 2.05) is 98.0 Å². The summed E-state index contributed by atoms with van der Waals surface area (Å²) in [5.41, 5.74) is 1.08. The minimum Gasteiger partial charge on any atom is -0.323 e. The van der Waals surface area contributed by atoms with Crippen molar-refractivity contribution in [3.8, 4) is 0 Å². The van der Waals surface area contributed by atoms with E-state index < -0.39 is 21.4 Å². The predicted molar refractivity (Wildman–Crippen MR) is 152 cm³/mol. The van der Waals surface area contributed by atoms with Crippen LogP contribution in [0.4, 0.5) is 0 Å². The van der Waals surface area contributed by atoms with Gasteiger partial charge >= 0.3 is 0 Å². The Bertz CT molecular complexity index is 1230. The smallest absolute Gasteiger partial charge is 0.117 e. The lowest BCUT2D eigenvalue weighted by Crippen LogP contribution is -2.29. The maximum atomic E-state index is 14.5. The SMILES string of the molecule is CN1CCP(=O)(Cc2ccccc2)CCP(=O)(c2ccccc2)CCP(=O)(c2ccccc2)CC1. The van der Waals surface area contributed by atoms with Crippen LogP contribution in [-0.4, -0.2) is 62.0 Å². The third-order valence-corrected chi connectivity index (χ3v) is 17.1. The zero-order chi connectivity index (χ0) is 24.8. The van der Waals surface area contributed by atoms with Gasteiger partial charge < -0.3 is 18.6 Å². The van der Waals surface area contributed by atoms with Crippen LogP contribution in [0.25, 0.3) is 0 Å². The molecule has 1 aliphatic rings. The largest absolute Gasteiger partial charge is 0.323 e. The van der Waals surface area contributed by atoms with Crippen LogP contribution in [0.15, 0.2) is 91.0 Å². The topological polar surface area (TPSA) is 54.5 Å². The summed E-state index contributed by atoms with van der Waals surface area (Å²) in [6, 6.07) is 29.3. The molecule has 0 radical (unpaired) electrons. The van der Waals surface area contributed by atoms with Gasteiger partial charge in [0.15, 0.2) is 0 Å². The molecule has 0 bridgehead atoms. The number of benzene rings is 3. The standard InChI is InChI=1S/C28H36NO3P3/c1-29-17-19-33(30,25-26-11-5-2-6-12-26)21-22-35(32,28-15-9-4-10-16-28)24-23-34(31,20-18-29)27-13-7-3-8-14-27/h2-16H,17-25H2,1H3. The molecule has 0 saturated carbocycles. The summed E-state index contributed by atoms with van der Waals surface area (Å²) >= 11 is 0. The molecular weight excluding hydrogens is 491 g/mol. The molecule has 3 aromatic rings. The van der Waals surface area contributed by atoms with E-state index in [0.717, 1.165) is 16.2 Å². The van der Waals surface area contributed by atoms with Gasteiger partial charge in [0.2, 0.25) is 0 Å². The highest BCUT2D eigenvalue weighted by atomic mass is 31.2. The Morgan fingerprint density at radius 3 is 1.54 bits per heavy atom. The molecule has 0 N–H and O–H groups in total. The fourth-order valence-corrected chi connectivity index (χ4v) is 15.8. The number of hydrogen-bond donors (Lipinski definition) is 0. The van der Waals surface area contributed by atoms with E-state index in [-0.39, 0.29) is 0 Å². The van der Waals surface area contributed by atoms with Crippen molar-refractivity contribution in [2.24, 2.45) is 0 Å². The monoisotopic (exact) mass is 527 g/mol. The second-order valence-corrected chi connectivity index (χ2v) is 19.5. The van der Waals surface area contributed by atoms with E-state index in [4.69, 9.17) is 0 Å². The highest BCUT2D eigenvalue weighted by Crippen LogP contribution is 2.57. The van der Waals surface area contributed by atoms with Crippen molar-refractivity contribution in [1.82, 2.24) is 4.90 Å². The van der Waals surface area contributed by atoms with Crippen LogP contribution in [0.3, 0.4) is 0 Å². The molecule has 3 unspecified atom stereocenters. The van der Waals surface area contributed by atoms with Gasteiger partial charge in [-0.1, -0.05) is 91.0 Å². The molecule has 4 nitrogen and oxygen atoms in total. The molecule has 7 heteroatoms. The summed E-state index contributed by atoms with van der Waals surface area (Å²) in [5, 5.41) is 1.69. The zero-order valence-corrected chi connectivity index (χ0v) is 23.2. The van der Waals surface area contributed by atoms with E-state index in [2.05, 4.69) is 4.90 Å². The molecule has 0 amide bonds. The number of hydrogen-bond acceptors (Lipinski definition) is 4. The average molecular weight is 528 g/mol. The lowest BCUT2D eigenvalue weighted by Gasteiger charge is -2.29. The first-order chi connectivity index (χ1) is 16.8. The van der Waals surface area contributed by atoms with Crippen LogP contribution in [0.2, 0.25) is 0 Å². The molecule has 1 fully saturated rings. The van der Waals surface area contributed by atoms with Crippen molar-refractivity contribution < 1.29 is 13.7 Å². The Balaban J connectivity index is 1.67. The van der Waals surface area contributed by atoms with Crippen molar-refractivity contribution in [3.05, 3.63) is 96.6 Å². The summed E-state index contributed by atoms with van der Waals surface area (Å²) in [6.45, 7) is 1.36.